The summed E-state index contributed by atoms with van der Waals surface area (Å²) in [5, 5.41) is 3.17. The summed E-state index contributed by atoms with van der Waals surface area (Å²) < 4.78 is 33.5. The zero-order valence-corrected chi connectivity index (χ0v) is 18.8. The minimum Gasteiger partial charge on any atom is -0.496 e. The molecule has 0 unspecified atom stereocenters. The molecule has 0 saturated carbocycles. The second kappa shape index (κ2) is 9.55. The smallest absolute Gasteiger partial charge is 0.261 e. The number of hydrogen-bond donors (Lipinski definition) is 1. The van der Waals surface area contributed by atoms with Gasteiger partial charge in [0.25, 0.3) is 5.91 Å². The Morgan fingerprint density at radius 3 is 2.50 bits per heavy atom. The summed E-state index contributed by atoms with van der Waals surface area (Å²) in [5.41, 5.74) is 1.03. The number of sulfonamides is 1. The lowest BCUT2D eigenvalue weighted by atomic mass is 10.2. The van der Waals surface area contributed by atoms with Crippen LogP contribution in [0.5, 0.6) is 5.75 Å². The fourth-order valence-electron chi connectivity index (χ4n) is 3.12. The maximum atomic E-state index is 13.0. The van der Waals surface area contributed by atoms with Crippen LogP contribution in [-0.2, 0) is 10.0 Å². The largest absolute Gasteiger partial charge is 0.496 e. The maximum absolute atomic E-state index is 13.0. The third-order valence-electron chi connectivity index (χ3n) is 4.52. The topological polar surface area (TPSA) is 88.6 Å². The van der Waals surface area contributed by atoms with Gasteiger partial charge in [-0.15, -0.1) is 0 Å². The molecule has 0 atom stereocenters. The van der Waals surface area contributed by atoms with Gasteiger partial charge in [0.1, 0.15) is 5.75 Å². The average molecular weight is 448 g/mol. The molecule has 0 aliphatic carbocycles. The summed E-state index contributed by atoms with van der Waals surface area (Å²) >= 11 is 1.24. The lowest BCUT2D eigenvalue weighted by Gasteiger charge is -2.20. The van der Waals surface area contributed by atoms with E-state index in [1.807, 2.05) is 13.8 Å². The Balaban J connectivity index is 1.88. The maximum Gasteiger partial charge on any atom is 0.261 e. The molecule has 1 aromatic heterocycles. The molecule has 3 aromatic rings. The Hall–Kier alpha value is -2.49. The van der Waals surface area contributed by atoms with E-state index < -0.39 is 10.0 Å². The Morgan fingerprint density at radius 1 is 1.13 bits per heavy atom. The normalized spacial score (nSPS) is 11.7. The van der Waals surface area contributed by atoms with Crippen LogP contribution >= 0.6 is 11.3 Å². The molecule has 0 spiro atoms. The molecule has 3 rings (SSSR count). The minimum absolute atomic E-state index is 0.239. The Bertz CT molecular complexity index is 1140. The first-order valence-corrected chi connectivity index (χ1v) is 12.0. The molecule has 2 aromatic carbocycles. The number of thiazole rings is 1. The minimum atomic E-state index is -3.57. The zero-order valence-electron chi connectivity index (χ0n) is 17.2. The van der Waals surface area contributed by atoms with Gasteiger partial charge in [0.2, 0.25) is 10.0 Å². The molecule has 1 N–H and O–H groups in total. The summed E-state index contributed by atoms with van der Waals surface area (Å²) in [6.45, 7) is 4.89. The average Bonchev–Trinajstić information content (AvgIpc) is 3.14. The van der Waals surface area contributed by atoms with Gasteiger partial charge in [-0.05, 0) is 43.2 Å². The van der Waals surface area contributed by atoms with Crippen molar-refractivity contribution < 1.29 is 17.9 Å². The van der Waals surface area contributed by atoms with Crippen molar-refractivity contribution in [2.75, 3.05) is 25.5 Å². The second-order valence-electron chi connectivity index (χ2n) is 6.71. The number of hydrogen-bond acceptors (Lipinski definition) is 6. The van der Waals surface area contributed by atoms with E-state index >= 15 is 0 Å². The van der Waals surface area contributed by atoms with Crippen molar-refractivity contribution in [2.45, 2.75) is 31.6 Å². The summed E-state index contributed by atoms with van der Waals surface area (Å²) in [4.78, 5) is 17.3. The van der Waals surface area contributed by atoms with Crippen molar-refractivity contribution in [1.29, 1.82) is 0 Å². The highest BCUT2D eigenvalue weighted by Gasteiger charge is 2.24. The number of ether oxygens (including phenoxy) is 1. The lowest BCUT2D eigenvalue weighted by molar-refractivity contribution is 0.102. The summed E-state index contributed by atoms with van der Waals surface area (Å²) in [7, 11) is -2.07. The number of amides is 1. The number of fused-ring (bicyclic) bond motifs is 1. The molecular formula is C21H25N3O4S2. The molecule has 7 nitrogen and oxygen atoms in total. The predicted molar refractivity (Wildman–Crippen MR) is 120 cm³/mol. The number of nitrogens with zero attached hydrogens (tertiary/aromatic N) is 2. The molecule has 0 fully saturated rings. The number of nitrogens with one attached hydrogen (secondary N) is 1. The molecule has 0 aliphatic rings. The SMILES string of the molecule is CCCN(CCC)S(=O)(=O)c1ccc2nc(NC(=O)c3ccccc3OC)sc2c1. The van der Waals surface area contributed by atoms with E-state index in [-0.39, 0.29) is 10.8 Å². The number of anilines is 1. The fourth-order valence-corrected chi connectivity index (χ4v) is 5.74. The Morgan fingerprint density at radius 2 is 1.83 bits per heavy atom. The van der Waals surface area contributed by atoms with Crippen LogP contribution in [0.3, 0.4) is 0 Å². The standard InChI is InChI=1S/C21H25N3O4S2/c1-4-12-24(13-5-2)30(26,27)15-10-11-17-19(14-15)29-21(22-17)23-20(25)16-8-6-7-9-18(16)28-3/h6-11,14H,4-5,12-13H2,1-3H3,(H,22,23,25). The molecular weight excluding hydrogens is 422 g/mol. The van der Waals surface area contributed by atoms with Crippen molar-refractivity contribution in [1.82, 2.24) is 9.29 Å². The van der Waals surface area contributed by atoms with E-state index in [9.17, 15) is 13.2 Å². The molecule has 0 radical (unpaired) electrons. The van der Waals surface area contributed by atoms with Crippen LogP contribution in [0.15, 0.2) is 47.4 Å². The molecule has 9 heteroatoms. The van der Waals surface area contributed by atoms with Gasteiger partial charge in [0, 0.05) is 13.1 Å². The fraction of sp³-hybridized carbons (Fsp3) is 0.333. The highest BCUT2D eigenvalue weighted by atomic mass is 32.2. The number of benzene rings is 2. The Labute approximate surface area is 180 Å². The van der Waals surface area contributed by atoms with Gasteiger partial charge in [0.15, 0.2) is 5.13 Å². The van der Waals surface area contributed by atoms with Gasteiger partial charge < -0.3 is 4.74 Å². The van der Waals surface area contributed by atoms with E-state index in [2.05, 4.69) is 10.3 Å². The summed E-state index contributed by atoms with van der Waals surface area (Å²) in [5.74, 6) is 0.132. The van der Waals surface area contributed by atoms with Crippen molar-refractivity contribution in [3.8, 4) is 5.75 Å². The van der Waals surface area contributed by atoms with Crippen LogP contribution in [-0.4, -0.2) is 43.8 Å². The number of methoxy groups -OCH3 is 1. The van der Waals surface area contributed by atoms with Crippen molar-refractivity contribution >= 4 is 42.6 Å². The van der Waals surface area contributed by atoms with Crippen LogP contribution in [0.25, 0.3) is 10.2 Å². The van der Waals surface area contributed by atoms with Crippen molar-refractivity contribution in [3.63, 3.8) is 0 Å². The van der Waals surface area contributed by atoms with Crippen LogP contribution in [0, 0.1) is 0 Å². The molecule has 30 heavy (non-hydrogen) atoms. The highest BCUT2D eigenvalue weighted by Crippen LogP contribution is 2.30. The predicted octanol–water partition coefficient (Wildman–Crippen LogP) is 4.37. The highest BCUT2D eigenvalue weighted by molar-refractivity contribution is 7.89. The third-order valence-corrected chi connectivity index (χ3v) is 7.34. The van der Waals surface area contributed by atoms with E-state index in [1.165, 1.54) is 22.8 Å². The second-order valence-corrected chi connectivity index (χ2v) is 9.68. The first-order chi connectivity index (χ1) is 14.4. The van der Waals surface area contributed by atoms with Gasteiger partial charge >= 0.3 is 0 Å². The van der Waals surface area contributed by atoms with E-state index in [4.69, 9.17) is 4.74 Å². The Kier molecular flexibility index (Phi) is 7.06. The zero-order chi connectivity index (χ0) is 21.7. The van der Waals surface area contributed by atoms with E-state index in [0.29, 0.717) is 39.8 Å². The summed E-state index contributed by atoms with van der Waals surface area (Å²) in [6, 6.07) is 11.8. The van der Waals surface area contributed by atoms with Gasteiger partial charge in [-0.1, -0.05) is 37.3 Å². The third kappa shape index (κ3) is 4.63. The first kappa shape index (κ1) is 22.2. The van der Waals surface area contributed by atoms with Crippen LogP contribution < -0.4 is 10.1 Å². The van der Waals surface area contributed by atoms with Crippen molar-refractivity contribution in [3.05, 3.63) is 48.0 Å². The number of carbonyl (C=O) groups excluding carboxylic acids is 1. The van der Waals surface area contributed by atoms with Gasteiger partial charge in [-0.3, -0.25) is 10.1 Å². The van der Waals surface area contributed by atoms with E-state index in [1.54, 1.807) is 42.5 Å². The van der Waals surface area contributed by atoms with Crippen LogP contribution in [0.1, 0.15) is 37.0 Å². The van der Waals surface area contributed by atoms with Crippen molar-refractivity contribution in [2.24, 2.45) is 0 Å². The van der Waals surface area contributed by atoms with Gasteiger partial charge in [0.05, 0.1) is 27.8 Å². The van der Waals surface area contributed by atoms with Gasteiger partial charge in [-0.25, -0.2) is 13.4 Å². The molecule has 0 aliphatic heterocycles. The monoisotopic (exact) mass is 447 g/mol. The molecule has 1 amide bonds. The van der Waals surface area contributed by atoms with Gasteiger partial charge in [-0.2, -0.15) is 4.31 Å². The molecule has 0 bridgehead atoms. The number of rotatable bonds is 9. The number of para-hydroxylation sites is 1. The van der Waals surface area contributed by atoms with Crippen LogP contribution in [0.4, 0.5) is 5.13 Å². The molecule has 1 heterocycles. The van der Waals surface area contributed by atoms with Crippen LogP contribution in [0.2, 0.25) is 0 Å². The molecule has 160 valence electrons. The number of carbonyl (C=O) groups is 1. The summed E-state index contributed by atoms with van der Waals surface area (Å²) in [6.07, 6.45) is 1.50. The first-order valence-electron chi connectivity index (χ1n) is 9.75. The molecule has 0 saturated heterocycles. The van der Waals surface area contributed by atoms with E-state index in [0.717, 1.165) is 12.8 Å². The number of aromatic nitrogens is 1. The quantitative estimate of drug-likeness (QED) is 0.526. The lowest BCUT2D eigenvalue weighted by Crippen LogP contribution is -2.32.